The third-order valence-electron chi connectivity index (χ3n) is 5.14. The molecule has 2 nitrogen and oxygen atoms in total. The van der Waals surface area contributed by atoms with E-state index >= 15 is 0 Å². The minimum absolute atomic E-state index is 0.550. The molecule has 0 unspecified atom stereocenters. The normalized spacial score (nSPS) is 33.3. The first-order valence-corrected chi connectivity index (χ1v) is 7.94. The molecule has 106 valence electrons. The van der Waals surface area contributed by atoms with Crippen LogP contribution in [0.1, 0.15) is 59.3 Å². The second kappa shape index (κ2) is 5.92. The minimum Gasteiger partial charge on any atom is -0.313 e. The maximum absolute atomic E-state index is 3.80. The maximum atomic E-state index is 3.80. The quantitative estimate of drug-likeness (QED) is 0.780. The molecular formula is C16H32N2. The van der Waals surface area contributed by atoms with Crippen LogP contribution < -0.4 is 5.32 Å². The Kier molecular flexibility index (Phi) is 4.71. The molecule has 0 atom stereocenters. The van der Waals surface area contributed by atoms with Crippen LogP contribution in [0.25, 0.3) is 0 Å². The number of nitrogens with zero attached hydrogens (tertiary/aromatic N) is 1. The predicted molar refractivity (Wildman–Crippen MR) is 78.9 cm³/mol. The molecular weight excluding hydrogens is 220 g/mol. The zero-order valence-corrected chi connectivity index (χ0v) is 12.8. The van der Waals surface area contributed by atoms with E-state index in [0.717, 1.165) is 12.0 Å². The number of nitrogens with one attached hydrogen (secondary N) is 1. The fourth-order valence-corrected chi connectivity index (χ4v) is 3.13. The molecule has 2 fully saturated rings. The van der Waals surface area contributed by atoms with E-state index in [2.05, 4.69) is 38.0 Å². The third kappa shape index (κ3) is 3.96. The summed E-state index contributed by atoms with van der Waals surface area (Å²) in [6.45, 7) is 9.57. The predicted octanol–water partition coefficient (Wildman–Crippen LogP) is 3.28. The van der Waals surface area contributed by atoms with Gasteiger partial charge in [-0.05, 0) is 57.9 Å². The van der Waals surface area contributed by atoms with Gasteiger partial charge in [0, 0.05) is 25.2 Å². The van der Waals surface area contributed by atoms with Gasteiger partial charge in [0.15, 0.2) is 0 Å². The first kappa shape index (κ1) is 14.3. The fraction of sp³-hybridized carbons (Fsp3) is 1.00. The lowest BCUT2D eigenvalue weighted by atomic mass is 9.70. The molecule has 0 saturated heterocycles. The van der Waals surface area contributed by atoms with Crippen LogP contribution in [0.2, 0.25) is 0 Å². The SMILES string of the molecule is CC1CCC(CNC2CC2)(CN(C)C(C)C)CC1. The van der Waals surface area contributed by atoms with E-state index in [9.17, 15) is 0 Å². The summed E-state index contributed by atoms with van der Waals surface area (Å²) in [6.07, 6.45) is 8.52. The second-order valence-corrected chi connectivity index (χ2v) is 7.35. The molecule has 2 aliphatic rings. The third-order valence-corrected chi connectivity index (χ3v) is 5.14. The van der Waals surface area contributed by atoms with E-state index in [1.165, 1.54) is 51.6 Å². The van der Waals surface area contributed by atoms with Crippen LogP contribution in [0.3, 0.4) is 0 Å². The van der Waals surface area contributed by atoms with Gasteiger partial charge >= 0.3 is 0 Å². The van der Waals surface area contributed by atoms with Crippen LogP contribution in [0.4, 0.5) is 0 Å². The second-order valence-electron chi connectivity index (χ2n) is 7.35. The van der Waals surface area contributed by atoms with E-state index in [4.69, 9.17) is 0 Å². The van der Waals surface area contributed by atoms with Crippen LogP contribution >= 0.6 is 0 Å². The highest BCUT2D eigenvalue weighted by Gasteiger charge is 2.36. The van der Waals surface area contributed by atoms with Crippen molar-refractivity contribution in [2.45, 2.75) is 71.4 Å². The molecule has 0 amide bonds. The molecule has 0 aromatic carbocycles. The highest BCUT2D eigenvalue weighted by Crippen LogP contribution is 2.39. The lowest BCUT2D eigenvalue weighted by molar-refractivity contribution is 0.0852. The summed E-state index contributed by atoms with van der Waals surface area (Å²) in [5.41, 5.74) is 0.550. The summed E-state index contributed by atoms with van der Waals surface area (Å²) in [5, 5.41) is 3.80. The highest BCUT2D eigenvalue weighted by molar-refractivity contribution is 4.92. The zero-order valence-electron chi connectivity index (χ0n) is 12.8. The smallest absolute Gasteiger partial charge is 0.00684 e. The topological polar surface area (TPSA) is 15.3 Å². The summed E-state index contributed by atoms with van der Waals surface area (Å²) >= 11 is 0. The van der Waals surface area contributed by atoms with Gasteiger partial charge in [0.2, 0.25) is 0 Å². The maximum Gasteiger partial charge on any atom is 0.00684 e. The molecule has 0 radical (unpaired) electrons. The molecule has 2 heteroatoms. The van der Waals surface area contributed by atoms with Crippen LogP contribution in [-0.2, 0) is 0 Å². The number of rotatable bonds is 6. The van der Waals surface area contributed by atoms with Gasteiger partial charge in [-0.3, -0.25) is 0 Å². The van der Waals surface area contributed by atoms with E-state index in [1.54, 1.807) is 0 Å². The molecule has 0 aromatic heterocycles. The molecule has 2 rings (SSSR count). The van der Waals surface area contributed by atoms with Gasteiger partial charge in [0.1, 0.15) is 0 Å². The first-order valence-electron chi connectivity index (χ1n) is 7.94. The molecule has 0 aromatic rings. The standard InChI is InChI=1S/C16H32N2/c1-13(2)18(4)12-16(11-17-15-5-6-15)9-7-14(3)8-10-16/h13-15,17H,5-12H2,1-4H3. The number of hydrogen-bond donors (Lipinski definition) is 1. The first-order chi connectivity index (χ1) is 8.51. The van der Waals surface area contributed by atoms with Crippen molar-refractivity contribution in [3.63, 3.8) is 0 Å². The van der Waals surface area contributed by atoms with Gasteiger partial charge in [-0.2, -0.15) is 0 Å². The van der Waals surface area contributed by atoms with Crippen molar-refractivity contribution in [3.8, 4) is 0 Å². The largest absolute Gasteiger partial charge is 0.313 e. The lowest BCUT2D eigenvalue weighted by Crippen LogP contribution is -2.47. The summed E-state index contributed by atoms with van der Waals surface area (Å²) in [7, 11) is 2.29. The van der Waals surface area contributed by atoms with Gasteiger partial charge < -0.3 is 10.2 Å². The summed E-state index contributed by atoms with van der Waals surface area (Å²) in [5.74, 6) is 0.948. The highest BCUT2D eigenvalue weighted by atomic mass is 15.1. The average molecular weight is 252 g/mol. The van der Waals surface area contributed by atoms with Gasteiger partial charge in [0.25, 0.3) is 0 Å². The molecule has 18 heavy (non-hydrogen) atoms. The van der Waals surface area contributed by atoms with Crippen molar-refractivity contribution in [2.75, 3.05) is 20.1 Å². The molecule has 2 saturated carbocycles. The Morgan fingerprint density at radius 1 is 1.17 bits per heavy atom. The molecule has 0 heterocycles. The Hall–Kier alpha value is -0.0800. The van der Waals surface area contributed by atoms with Crippen molar-refractivity contribution < 1.29 is 0 Å². The monoisotopic (exact) mass is 252 g/mol. The van der Waals surface area contributed by atoms with Crippen molar-refractivity contribution in [1.29, 1.82) is 0 Å². The Balaban J connectivity index is 1.91. The fourth-order valence-electron chi connectivity index (χ4n) is 3.13. The zero-order chi connectivity index (χ0) is 13.2. The summed E-state index contributed by atoms with van der Waals surface area (Å²) in [6, 6.07) is 1.52. The molecule has 2 aliphatic carbocycles. The Morgan fingerprint density at radius 3 is 2.28 bits per heavy atom. The van der Waals surface area contributed by atoms with Crippen LogP contribution in [0.5, 0.6) is 0 Å². The van der Waals surface area contributed by atoms with Crippen LogP contribution in [-0.4, -0.2) is 37.1 Å². The van der Waals surface area contributed by atoms with Crippen LogP contribution in [0, 0.1) is 11.3 Å². The summed E-state index contributed by atoms with van der Waals surface area (Å²) < 4.78 is 0. The van der Waals surface area contributed by atoms with E-state index in [0.29, 0.717) is 11.5 Å². The van der Waals surface area contributed by atoms with Gasteiger partial charge in [-0.25, -0.2) is 0 Å². The van der Waals surface area contributed by atoms with Crippen molar-refractivity contribution in [2.24, 2.45) is 11.3 Å². The van der Waals surface area contributed by atoms with Crippen molar-refractivity contribution >= 4 is 0 Å². The molecule has 0 spiro atoms. The van der Waals surface area contributed by atoms with Crippen LogP contribution in [0.15, 0.2) is 0 Å². The molecule has 0 bridgehead atoms. The Labute approximate surface area is 114 Å². The lowest BCUT2D eigenvalue weighted by Gasteiger charge is -2.43. The van der Waals surface area contributed by atoms with Gasteiger partial charge in [-0.15, -0.1) is 0 Å². The van der Waals surface area contributed by atoms with Gasteiger partial charge in [0.05, 0.1) is 0 Å². The van der Waals surface area contributed by atoms with E-state index < -0.39 is 0 Å². The van der Waals surface area contributed by atoms with Gasteiger partial charge in [-0.1, -0.05) is 19.8 Å². The molecule has 1 N–H and O–H groups in total. The van der Waals surface area contributed by atoms with Crippen molar-refractivity contribution in [1.82, 2.24) is 10.2 Å². The summed E-state index contributed by atoms with van der Waals surface area (Å²) in [4.78, 5) is 2.55. The van der Waals surface area contributed by atoms with Crippen molar-refractivity contribution in [3.05, 3.63) is 0 Å². The number of hydrogen-bond acceptors (Lipinski definition) is 2. The average Bonchev–Trinajstić information content (AvgIpc) is 3.14. The minimum atomic E-state index is 0.550. The Bertz CT molecular complexity index is 250. The van der Waals surface area contributed by atoms with E-state index in [1.807, 2.05) is 0 Å². The Morgan fingerprint density at radius 2 is 1.78 bits per heavy atom. The molecule has 0 aliphatic heterocycles. The van der Waals surface area contributed by atoms with E-state index in [-0.39, 0.29) is 0 Å².